The van der Waals surface area contributed by atoms with Gasteiger partial charge >= 0.3 is 0 Å². The summed E-state index contributed by atoms with van der Waals surface area (Å²) in [6.07, 6.45) is 0. The monoisotopic (exact) mass is 291 g/mol. The summed E-state index contributed by atoms with van der Waals surface area (Å²) in [4.78, 5) is 12.2. The molecule has 0 saturated carbocycles. The molecule has 0 saturated heterocycles. The van der Waals surface area contributed by atoms with Gasteiger partial charge in [-0.1, -0.05) is 23.7 Å². The quantitative estimate of drug-likeness (QED) is 0.845. The Kier molecular flexibility index (Phi) is 4.48. The standard InChI is InChI=1S/C15H14ClNO3/c1-2-20-14-6-4-3-5-11(14)15(19)17-10-7-8-13(18)12(16)9-10/h3-9,18H,2H2,1H3,(H,17,19). The van der Waals surface area contributed by atoms with Crippen LogP contribution in [-0.4, -0.2) is 17.6 Å². The minimum Gasteiger partial charge on any atom is -0.506 e. The third-order valence-electron chi connectivity index (χ3n) is 2.64. The van der Waals surface area contributed by atoms with Gasteiger partial charge in [0.1, 0.15) is 11.5 Å². The molecule has 2 aromatic carbocycles. The molecule has 5 heteroatoms. The van der Waals surface area contributed by atoms with Crippen LogP contribution in [0.2, 0.25) is 5.02 Å². The molecule has 0 unspecified atom stereocenters. The number of nitrogens with one attached hydrogen (secondary N) is 1. The number of amides is 1. The van der Waals surface area contributed by atoms with E-state index in [4.69, 9.17) is 16.3 Å². The van der Waals surface area contributed by atoms with Crippen LogP contribution in [0.5, 0.6) is 11.5 Å². The molecule has 0 radical (unpaired) electrons. The Bertz CT molecular complexity index is 628. The van der Waals surface area contributed by atoms with E-state index in [9.17, 15) is 9.90 Å². The molecule has 1 amide bonds. The fourth-order valence-electron chi connectivity index (χ4n) is 1.72. The van der Waals surface area contributed by atoms with Gasteiger partial charge in [-0.05, 0) is 37.3 Å². The molecule has 0 atom stereocenters. The van der Waals surface area contributed by atoms with Gasteiger partial charge < -0.3 is 15.2 Å². The summed E-state index contributed by atoms with van der Waals surface area (Å²) in [6, 6.07) is 11.5. The van der Waals surface area contributed by atoms with Crippen LogP contribution in [0.3, 0.4) is 0 Å². The van der Waals surface area contributed by atoms with Crippen LogP contribution in [0.1, 0.15) is 17.3 Å². The Balaban J connectivity index is 2.21. The summed E-state index contributed by atoms with van der Waals surface area (Å²) >= 11 is 5.80. The third kappa shape index (κ3) is 3.22. The average molecular weight is 292 g/mol. The Morgan fingerprint density at radius 3 is 2.75 bits per heavy atom. The molecule has 0 heterocycles. The minimum atomic E-state index is -0.296. The average Bonchev–Trinajstić information content (AvgIpc) is 2.44. The van der Waals surface area contributed by atoms with Gasteiger partial charge in [0.15, 0.2) is 0 Å². The van der Waals surface area contributed by atoms with Crippen LogP contribution in [0.4, 0.5) is 5.69 Å². The van der Waals surface area contributed by atoms with Crippen LogP contribution < -0.4 is 10.1 Å². The van der Waals surface area contributed by atoms with E-state index in [-0.39, 0.29) is 16.7 Å². The Morgan fingerprint density at radius 1 is 1.30 bits per heavy atom. The lowest BCUT2D eigenvalue weighted by Gasteiger charge is -2.10. The van der Waals surface area contributed by atoms with Crippen molar-refractivity contribution in [2.45, 2.75) is 6.92 Å². The molecule has 2 N–H and O–H groups in total. The van der Waals surface area contributed by atoms with E-state index >= 15 is 0 Å². The molecule has 0 aliphatic heterocycles. The molecule has 0 fully saturated rings. The lowest BCUT2D eigenvalue weighted by molar-refractivity contribution is 0.102. The van der Waals surface area contributed by atoms with Crippen LogP contribution in [0.15, 0.2) is 42.5 Å². The van der Waals surface area contributed by atoms with Crippen molar-refractivity contribution in [3.8, 4) is 11.5 Å². The fourth-order valence-corrected chi connectivity index (χ4v) is 1.90. The number of halogens is 1. The smallest absolute Gasteiger partial charge is 0.259 e. The van der Waals surface area contributed by atoms with E-state index in [0.717, 1.165) is 0 Å². The maximum Gasteiger partial charge on any atom is 0.259 e. The highest BCUT2D eigenvalue weighted by atomic mass is 35.5. The fraction of sp³-hybridized carbons (Fsp3) is 0.133. The van der Waals surface area contributed by atoms with E-state index in [1.807, 2.05) is 6.92 Å². The number of benzene rings is 2. The number of carbonyl (C=O) groups is 1. The van der Waals surface area contributed by atoms with Gasteiger partial charge in [-0.3, -0.25) is 4.79 Å². The Morgan fingerprint density at radius 2 is 2.05 bits per heavy atom. The van der Waals surface area contributed by atoms with Crippen LogP contribution >= 0.6 is 11.6 Å². The maximum absolute atomic E-state index is 12.2. The molecule has 0 aliphatic rings. The molecule has 0 aliphatic carbocycles. The number of aromatic hydroxyl groups is 1. The van der Waals surface area contributed by atoms with Crippen LogP contribution in [0, 0.1) is 0 Å². The van der Waals surface area contributed by atoms with Gasteiger partial charge in [-0.2, -0.15) is 0 Å². The highest BCUT2D eigenvalue weighted by Gasteiger charge is 2.12. The van der Waals surface area contributed by atoms with Crippen molar-refractivity contribution in [1.29, 1.82) is 0 Å². The second kappa shape index (κ2) is 6.30. The number of ether oxygens (including phenoxy) is 1. The van der Waals surface area contributed by atoms with Crippen molar-refractivity contribution < 1.29 is 14.6 Å². The number of hydrogen-bond donors (Lipinski definition) is 2. The molecule has 4 nitrogen and oxygen atoms in total. The highest BCUT2D eigenvalue weighted by molar-refractivity contribution is 6.32. The van der Waals surface area contributed by atoms with Gasteiger partial charge in [-0.25, -0.2) is 0 Å². The van der Waals surface area contributed by atoms with E-state index in [2.05, 4.69) is 5.32 Å². The van der Waals surface area contributed by atoms with Crippen LogP contribution in [0.25, 0.3) is 0 Å². The second-order valence-electron chi connectivity index (χ2n) is 4.05. The summed E-state index contributed by atoms with van der Waals surface area (Å²) in [5.41, 5.74) is 0.947. The topological polar surface area (TPSA) is 58.6 Å². The first-order valence-electron chi connectivity index (χ1n) is 6.13. The first-order valence-corrected chi connectivity index (χ1v) is 6.51. The van der Waals surface area contributed by atoms with Gasteiger partial charge in [0, 0.05) is 5.69 Å². The van der Waals surface area contributed by atoms with E-state index < -0.39 is 0 Å². The molecule has 0 aromatic heterocycles. The summed E-state index contributed by atoms with van der Waals surface area (Å²) < 4.78 is 5.41. The number of anilines is 1. The lowest BCUT2D eigenvalue weighted by atomic mass is 10.2. The first-order chi connectivity index (χ1) is 9.61. The van der Waals surface area contributed by atoms with Gasteiger partial charge in [-0.15, -0.1) is 0 Å². The summed E-state index contributed by atoms with van der Waals surface area (Å²) in [6.45, 7) is 2.34. The largest absolute Gasteiger partial charge is 0.506 e. The lowest BCUT2D eigenvalue weighted by Crippen LogP contribution is -2.13. The Labute approximate surface area is 122 Å². The van der Waals surface area contributed by atoms with E-state index in [1.54, 1.807) is 30.3 Å². The number of phenols is 1. The molecule has 2 rings (SSSR count). The van der Waals surface area contributed by atoms with Gasteiger partial charge in [0.25, 0.3) is 5.91 Å². The number of hydrogen-bond acceptors (Lipinski definition) is 3. The van der Waals surface area contributed by atoms with Gasteiger partial charge in [0.05, 0.1) is 17.2 Å². The molecular weight excluding hydrogens is 278 g/mol. The Hall–Kier alpha value is -2.20. The zero-order valence-corrected chi connectivity index (χ0v) is 11.6. The summed E-state index contributed by atoms with van der Waals surface area (Å²) in [7, 11) is 0. The molecule has 2 aromatic rings. The van der Waals surface area contributed by atoms with Crippen molar-refractivity contribution >= 4 is 23.2 Å². The normalized spacial score (nSPS) is 10.1. The molecule has 0 bridgehead atoms. The summed E-state index contributed by atoms with van der Waals surface area (Å²) in [5, 5.41) is 12.2. The summed E-state index contributed by atoms with van der Waals surface area (Å²) in [5.74, 6) is 0.201. The zero-order chi connectivity index (χ0) is 14.5. The molecule has 0 spiro atoms. The molecule has 104 valence electrons. The third-order valence-corrected chi connectivity index (χ3v) is 2.94. The molecule has 20 heavy (non-hydrogen) atoms. The first kappa shape index (κ1) is 14.2. The van der Waals surface area contributed by atoms with Gasteiger partial charge in [0.2, 0.25) is 0 Å². The second-order valence-corrected chi connectivity index (χ2v) is 4.46. The number of phenolic OH excluding ortho intramolecular Hbond substituents is 1. The van der Waals surface area contributed by atoms with Crippen molar-refractivity contribution in [3.05, 3.63) is 53.1 Å². The zero-order valence-electron chi connectivity index (χ0n) is 10.9. The van der Waals surface area contributed by atoms with Crippen molar-refractivity contribution in [2.75, 3.05) is 11.9 Å². The van der Waals surface area contributed by atoms with Crippen molar-refractivity contribution in [2.24, 2.45) is 0 Å². The minimum absolute atomic E-state index is 0.0283. The maximum atomic E-state index is 12.2. The SMILES string of the molecule is CCOc1ccccc1C(=O)Nc1ccc(O)c(Cl)c1. The van der Waals surface area contributed by atoms with Crippen molar-refractivity contribution in [1.82, 2.24) is 0 Å². The highest BCUT2D eigenvalue weighted by Crippen LogP contribution is 2.27. The predicted octanol–water partition coefficient (Wildman–Crippen LogP) is 3.70. The van der Waals surface area contributed by atoms with E-state index in [1.165, 1.54) is 12.1 Å². The number of para-hydroxylation sites is 1. The van der Waals surface area contributed by atoms with E-state index in [0.29, 0.717) is 23.6 Å². The van der Waals surface area contributed by atoms with Crippen molar-refractivity contribution in [3.63, 3.8) is 0 Å². The van der Waals surface area contributed by atoms with Crippen LogP contribution in [-0.2, 0) is 0 Å². The predicted molar refractivity (Wildman–Crippen MR) is 78.7 cm³/mol. The molecular formula is C15H14ClNO3. The number of carbonyl (C=O) groups excluding carboxylic acids is 1. The number of rotatable bonds is 4.